The first kappa shape index (κ1) is 27.1. The Morgan fingerprint density at radius 3 is 2.68 bits per heavy atom. The van der Waals surface area contributed by atoms with Gasteiger partial charge in [0.15, 0.2) is 11.5 Å². The van der Waals surface area contributed by atoms with Crippen molar-refractivity contribution in [2.75, 3.05) is 18.5 Å². The molecule has 3 aromatic rings. The number of aromatic nitrogens is 2. The molecule has 12 heteroatoms. The number of ether oxygens (including phenoxy) is 2. The van der Waals surface area contributed by atoms with Crippen LogP contribution >= 0.6 is 23.4 Å². The third kappa shape index (κ3) is 6.29. The molecule has 1 fully saturated rings. The van der Waals surface area contributed by atoms with Crippen LogP contribution in [-0.4, -0.2) is 45.1 Å². The summed E-state index contributed by atoms with van der Waals surface area (Å²) >= 11 is 6.45. The molecule has 196 valence electrons. The van der Waals surface area contributed by atoms with E-state index in [9.17, 15) is 18.8 Å². The lowest BCUT2D eigenvalue weighted by molar-refractivity contribution is -0.127. The molecule has 9 nitrogen and oxygen atoms in total. The van der Waals surface area contributed by atoms with Crippen LogP contribution in [0.25, 0.3) is 6.08 Å². The molecule has 2 aromatic carbocycles. The fourth-order valence-electron chi connectivity index (χ4n) is 3.42. The molecule has 0 unspecified atom stereocenters. The van der Waals surface area contributed by atoms with Gasteiger partial charge in [-0.3, -0.25) is 19.3 Å². The molecule has 4 rings (SSSR count). The maximum Gasteiger partial charge on any atom is 0.294 e. The summed E-state index contributed by atoms with van der Waals surface area (Å²) in [5.74, 6) is -1.86. The number of imide groups is 1. The Hall–Kier alpha value is -3.96. The molecule has 1 saturated heterocycles. The molecule has 3 amide bonds. The number of rotatable bonds is 8. The molecule has 0 spiro atoms. The summed E-state index contributed by atoms with van der Waals surface area (Å²) in [5.41, 5.74) is 3.19. The molecule has 1 N–H and O–H groups in total. The second-order valence-corrected chi connectivity index (χ2v) is 9.48. The largest absolute Gasteiger partial charge is 0.490 e. The molecule has 0 saturated carbocycles. The minimum Gasteiger partial charge on any atom is -0.490 e. The van der Waals surface area contributed by atoms with Crippen LogP contribution in [0.15, 0.2) is 47.5 Å². The van der Waals surface area contributed by atoms with Gasteiger partial charge >= 0.3 is 0 Å². The van der Waals surface area contributed by atoms with Gasteiger partial charge in [-0.05, 0) is 91.2 Å². The van der Waals surface area contributed by atoms with Gasteiger partial charge < -0.3 is 14.8 Å². The van der Waals surface area contributed by atoms with E-state index in [-0.39, 0.29) is 34.2 Å². The summed E-state index contributed by atoms with van der Waals surface area (Å²) in [6.45, 7) is 5.50. The standard InChI is InChI=1S/C26H22ClFN4O5S/c1-4-36-20-10-16(6-8-19(20)37-23-18(28)12-29-25(27)31-23)11-21-24(34)32(26(35)38-21)13-22(33)30-17-7-5-14(2)15(3)9-17/h5-12H,4,13H2,1-3H3,(H,30,33)/b21-11+. The predicted molar refractivity (Wildman–Crippen MR) is 142 cm³/mol. The number of nitrogens with zero attached hydrogens (tertiary/aromatic N) is 3. The Bertz CT molecular complexity index is 1470. The highest BCUT2D eigenvalue weighted by molar-refractivity contribution is 8.18. The molecule has 0 radical (unpaired) electrons. The highest BCUT2D eigenvalue weighted by Crippen LogP contribution is 2.36. The van der Waals surface area contributed by atoms with Crippen molar-refractivity contribution < 1.29 is 28.2 Å². The maximum atomic E-state index is 14.0. The van der Waals surface area contributed by atoms with E-state index in [4.69, 9.17) is 21.1 Å². The lowest BCUT2D eigenvalue weighted by Gasteiger charge is -2.13. The summed E-state index contributed by atoms with van der Waals surface area (Å²) in [6, 6.07) is 10.1. The van der Waals surface area contributed by atoms with Gasteiger partial charge in [-0.15, -0.1) is 0 Å². The third-order valence-electron chi connectivity index (χ3n) is 5.42. The van der Waals surface area contributed by atoms with Crippen molar-refractivity contribution in [2.45, 2.75) is 20.8 Å². The molecule has 0 bridgehead atoms. The van der Waals surface area contributed by atoms with Crippen molar-refractivity contribution in [1.29, 1.82) is 0 Å². The van der Waals surface area contributed by atoms with E-state index in [1.165, 1.54) is 12.1 Å². The fourth-order valence-corrected chi connectivity index (χ4v) is 4.39. The van der Waals surface area contributed by atoms with Crippen LogP contribution in [-0.2, 0) is 9.59 Å². The average Bonchev–Trinajstić information content (AvgIpc) is 3.12. The molecule has 0 atom stereocenters. The number of amides is 3. The third-order valence-corrected chi connectivity index (χ3v) is 6.51. The molecule has 38 heavy (non-hydrogen) atoms. The highest BCUT2D eigenvalue weighted by atomic mass is 35.5. The number of thioether (sulfide) groups is 1. The number of carbonyl (C=O) groups is 3. The van der Waals surface area contributed by atoms with Gasteiger partial charge in [0.05, 0.1) is 17.7 Å². The number of hydrogen-bond donors (Lipinski definition) is 1. The molecular weight excluding hydrogens is 535 g/mol. The van der Waals surface area contributed by atoms with Crippen LogP contribution in [0, 0.1) is 19.7 Å². The van der Waals surface area contributed by atoms with E-state index in [1.807, 2.05) is 26.0 Å². The van der Waals surface area contributed by atoms with Gasteiger partial charge in [-0.25, -0.2) is 4.98 Å². The zero-order valence-corrected chi connectivity index (χ0v) is 22.2. The van der Waals surface area contributed by atoms with Crippen molar-refractivity contribution in [3.8, 4) is 17.4 Å². The molecule has 2 heterocycles. The van der Waals surface area contributed by atoms with Crippen LogP contribution in [0.4, 0.5) is 14.9 Å². The SMILES string of the molecule is CCOc1cc(/C=C2/SC(=O)N(CC(=O)Nc3ccc(C)c(C)c3)C2=O)ccc1Oc1nc(Cl)ncc1F. The summed E-state index contributed by atoms with van der Waals surface area (Å²) < 4.78 is 25.1. The molecule has 1 aliphatic rings. The number of halogens is 2. The number of aryl methyl sites for hydroxylation is 2. The first-order valence-corrected chi connectivity index (χ1v) is 12.6. The number of hydrogen-bond acceptors (Lipinski definition) is 8. The van der Waals surface area contributed by atoms with Gasteiger partial charge in [-0.2, -0.15) is 9.37 Å². The second kappa shape index (κ2) is 11.6. The number of nitrogens with one attached hydrogen (secondary N) is 1. The Balaban J connectivity index is 1.49. The highest BCUT2D eigenvalue weighted by Gasteiger charge is 2.36. The van der Waals surface area contributed by atoms with Crippen LogP contribution in [0.1, 0.15) is 23.6 Å². The molecule has 1 aliphatic heterocycles. The first-order valence-electron chi connectivity index (χ1n) is 11.4. The molecular formula is C26H22ClFN4O5S. The Morgan fingerprint density at radius 1 is 1.16 bits per heavy atom. The quantitative estimate of drug-likeness (QED) is 0.276. The van der Waals surface area contributed by atoms with Crippen molar-refractivity contribution in [3.63, 3.8) is 0 Å². The van der Waals surface area contributed by atoms with Crippen molar-refractivity contribution >= 4 is 52.2 Å². The number of anilines is 1. The van der Waals surface area contributed by atoms with E-state index in [0.717, 1.165) is 34.0 Å². The lowest BCUT2D eigenvalue weighted by atomic mass is 10.1. The zero-order chi connectivity index (χ0) is 27.4. The summed E-state index contributed by atoms with van der Waals surface area (Å²) in [6.07, 6.45) is 2.39. The predicted octanol–water partition coefficient (Wildman–Crippen LogP) is 5.75. The van der Waals surface area contributed by atoms with Gasteiger partial charge in [0.25, 0.3) is 17.0 Å². The monoisotopic (exact) mass is 556 g/mol. The normalized spacial score (nSPS) is 14.2. The van der Waals surface area contributed by atoms with Crippen LogP contribution < -0.4 is 14.8 Å². The summed E-state index contributed by atoms with van der Waals surface area (Å²) in [5, 5.41) is 1.97. The maximum absolute atomic E-state index is 14.0. The smallest absolute Gasteiger partial charge is 0.294 e. The Labute approximate surface area is 227 Å². The minimum absolute atomic E-state index is 0.138. The topological polar surface area (TPSA) is 111 Å². The van der Waals surface area contributed by atoms with Crippen LogP contribution in [0.2, 0.25) is 5.28 Å². The van der Waals surface area contributed by atoms with Gasteiger partial charge in [0.1, 0.15) is 6.54 Å². The Morgan fingerprint density at radius 2 is 1.95 bits per heavy atom. The first-order chi connectivity index (χ1) is 18.1. The average molecular weight is 557 g/mol. The number of benzene rings is 2. The minimum atomic E-state index is -0.809. The Kier molecular flexibility index (Phi) is 8.28. The fraction of sp³-hybridized carbons (Fsp3) is 0.192. The van der Waals surface area contributed by atoms with Crippen molar-refractivity contribution in [1.82, 2.24) is 14.9 Å². The van der Waals surface area contributed by atoms with Gasteiger partial charge in [0.2, 0.25) is 17.0 Å². The molecule has 0 aliphatic carbocycles. The van der Waals surface area contributed by atoms with Crippen molar-refractivity contribution in [3.05, 3.63) is 75.3 Å². The molecule has 1 aromatic heterocycles. The zero-order valence-electron chi connectivity index (χ0n) is 20.6. The summed E-state index contributed by atoms with van der Waals surface area (Å²) in [7, 11) is 0. The van der Waals surface area contributed by atoms with E-state index in [2.05, 4.69) is 15.3 Å². The second-order valence-electron chi connectivity index (χ2n) is 8.15. The van der Waals surface area contributed by atoms with E-state index < -0.39 is 29.4 Å². The lowest BCUT2D eigenvalue weighted by Crippen LogP contribution is -2.36. The van der Waals surface area contributed by atoms with E-state index in [1.54, 1.807) is 25.1 Å². The van der Waals surface area contributed by atoms with E-state index >= 15 is 0 Å². The van der Waals surface area contributed by atoms with Gasteiger partial charge in [-0.1, -0.05) is 12.1 Å². The van der Waals surface area contributed by atoms with Crippen LogP contribution in [0.5, 0.6) is 17.4 Å². The van der Waals surface area contributed by atoms with Gasteiger partial charge in [0, 0.05) is 5.69 Å². The summed E-state index contributed by atoms with van der Waals surface area (Å²) in [4.78, 5) is 46.2. The van der Waals surface area contributed by atoms with Crippen molar-refractivity contribution in [2.24, 2.45) is 0 Å². The van der Waals surface area contributed by atoms with E-state index in [0.29, 0.717) is 11.3 Å². The van der Waals surface area contributed by atoms with Crippen LogP contribution in [0.3, 0.4) is 0 Å². The number of carbonyl (C=O) groups excluding carboxylic acids is 3.